The number of aromatic nitrogens is 1. The van der Waals surface area contributed by atoms with Gasteiger partial charge in [-0.3, -0.25) is 4.79 Å². The van der Waals surface area contributed by atoms with Crippen molar-refractivity contribution in [3.05, 3.63) is 70.3 Å². The first kappa shape index (κ1) is 20.1. The minimum atomic E-state index is -1.03. The molecule has 0 saturated carbocycles. The molecule has 0 radical (unpaired) electrons. The highest BCUT2D eigenvalue weighted by Gasteiger charge is 2.21. The zero-order chi connectivity index (χ0) is 19.9. The molecule has 1 heterocycles. The average Bonchev–Trinajstić information content (AvgIpc) is 3.07. The Labute approximate surface area is 172 Å². The Bertz CT molecular complexity index is 953. The summed E-state index contributed by atoms with van der Waals surface area (Å²) in [6.45, 7) is 0. The van der Waals surface area contributed by atoms with Crippen LogP contribution in [-0.4, -0.2) is 28.0 Å². The zero-order valence-electron chi connectivity index (χ0n) is 15.5. The Kier molecular flexibility index (Phi) is 6.87. The molecule has 3 aromatic rings. The van der Waals surface area contributed by atoms with Crippen LogP contribution >= 0.6 is 15.9 Å². The number of hydrogen-bond donors (Lipinski definition) is 3. The molecule has 2 aromatic carbocycles. The number of carbonyl (C=O) groups excluding carboxylic acids is 1. The molecule has 6 heteroatoms. The van der Waals surface area contributed by atoms with Gasteiger partial charge in [-0.25, -0.2) is 4.79 Å². The third-order valence-electron chi connectivity index (χ3n) is 4.75. The number of nitrogens with one attached hydrogen (secondary N) is 2. The van der Waals surface area contributed by atoms with Crippen LogP contribution in [0, 0.1) is 0 Å². The van der Waals surface area contributed by atoms with Crippen LogP contribution in [0.4, 0.5) is 0 Å². The van der Waals surface area contributed by atoms with Gasteiger partial charge in [0.2, 0.25) is 5.91 Å². The molecule has 1 atom stereocenters. The van der Waals surface area contributed by atoms with Gasteiger partial charge in [-0.2, -0.15) is 0 Å². The van der Waals surface area contributed by atoms with Crippen molar-refractivity contribution in [3.8, 4) is 0 Å². The molecule has 3 N–H and O–H groups in total. The van der Waals surface area contributed by atoms with Crippen molar-refractivity contribution in [1.82, 2.24) is 10.3 Å². The number of rotatable bonds is 9. The molecule has 0 bridgehead atoms. The molecule has 28 heavy (non-hydrogen) atoms. The molecule has 0 saturated heterocycles. The van der Waals surface area contributed by atoms with Crippen LogP contribution in [0.25, 0.3) is 10.9 Å². The number of carbonyl (C=O) groups is 2. The quantitative estimate of drug-likeness (QED) is 0.428. The molecule has 1 unspecified atom stereocenters. The highest BCUT2D eigenvalue weighted by atomic mass is 79.9. The average molecular weight is 443 g/mol. The van der Waals surface area contributed by atoms with Gasteiger partial charge in [0.15, 0.2) is 0 Å². The van der Waals surface area contributed by atoms with E-state index >= 15 is 0 Å². The van der Waals surface area contributed by atoms with E-state index in [0.717, 1.165) is 40.2 Å². The number of halogens is 1. The van der Waals surface area contributed by atoms with Crippen LogP contribution in [0.5, 0.6) is 0 Å². The highest BCUT2D eigenvalue weighted by molar-refractivity contribution is 9.10. The van der Waals surface area contributed by atoms with E-state index < -0.39 is 12.0 Å². The minimum absolute atomic E-state index is 0.221. The van der Waals surface area contributed by atoms with E-state index in [1.807, 2.05) is 36.4 Å². The summed E-state index contributed by atoms with van der Waals surface area (Å²) in [6, 6.07) is 15.0. The highest BCUT2D eigenvalue weighted by Crippen LogP contribution is 2.23. The third-order valence-corrected chi connectivity index (χ3v) is 5.24. The lowest BCUT2D eigenvalue weighted by Gasteiger charge is -2.14. The number of fused-ring (bicyclic) bond motifs is 1. The van der Waals surface area contributed by atoms with Crippen molar-refractivity contribution in [1.29, 1.82) is 0 Å². The van der Waals surface area contributed by atoms with E-state index in [1.165, 1.54) is 5.56 Å². The Morgan fingerprint density at radius 2 is 1.89 bits per heavy atom. The minimum Gasteiger partial charge on any atom is -0.480 e. The van der Waals surface area contributed by atoms with Crippen LogP contribution in [-0.2, 0) is 22.4 Å². The molecular weight excluding hydrogens is 420 g/mol. The number of benzene rings is 2. The van der Waals surface area contributed by atoms with Gasteiger partial charge in [0, 0.05) is 34.4 Å². The third kappa shape index (κ3) is 5.45. The maximum atomic E-state index is 12.2. The first-order valence-electron chi connectivity index (χ1n) is 9.34. The van der Waals surface area contributed by atoms with Gasteiger partial charge in [0.05, 0.1) is 0 Å². The summed E-state index contributed by atoms with van der Waals surface area (Å²) in [5.41, 5.74) is 3.06. The molecule has 146 valence electrons. The summed E-state index contributed by atoms with van der Waals surface area (Å²) < 4.78 is 0.926. The summed E-state index contributed by atoms with van der Waals surface area (Å²) in [5, 5.41) is 13.2. The van der Waals surface area contributed by atoms with Crippen molar-refractivity contribution in [2.75, 3.05) is 0 Å². The second-order valence-corrected chi connectivity index (χ2v) is 7.77. The van der Waals surface area contributed by atoms with Crippen LogP contribution in [0.15, 0.2) is 59.2 Å². The number of hydrogen-bond acceptors (Lipinski definition) is 2. The van der Waals surface area contributed by atoms with E-state index in [1.54, 1.807) is 6.20 Å². The summed E-state index contributed by atoms with van der Waals surface area (Å²) in [7, 11) is 0. The number of carboxylic acids is 1. The molecule has 0 spiro atoms. The summed E-state index contributed by atoms with van der Waals surface area (Å²) >= 11 is 3.44. The van der Waals surface area contributed by atoms with Crippen molar-refractivity contribution < 1.29 is 14.7 Å². The lowest BCUT2D eigenvalue weighted by Crippen LogP contribution is -2.42. The maximum Gasteiger partial charge on any atom is 0.326 e. The van der Waals surface area contributed by atoms with E-state index in [4.69, 9.17) is 0 Å². The van der Waals surface area contributed by atoms with Crippen LogP contribution in [0.1, 0.15) is 30.4 Å². The zero-order valence-corrected chi connectivity index (χ0v) is 17.0. The number of H-pyrrole nitrogens is 1. The molecular formula is C22H23BrN2O3. The van der Waals surface area contributed by atoms with Crippen LogP contribution in [0.3, 0.4) is 0 Å². The van der Waals surface area contributed by atoms with Crippen LogP contribution < -0.4 is 5.32 Å². The number of aromatic amines is 1. The normalized spacial score (nSPS) is 12.0. The van der Waals surface area contributed by atoms with Crippen molar-refractivity contribution in [2.24, 2.45) is 0 Å². The number of unbranched alkanes of at least 4 members (excludes halogenated alkanes) is 1. The number of aryl methyl sites for hydroxylation is 1. The fourth-order valence-corrected chi connectivity index (χ4v) is 3.63. The fourth-order valence-electron chi connectivity index (χ4n) is 3.27. The number of amides is 1. The van der Waals surface area contributed by atoms with Gasteiger partial charge in [0.25, 0.3) is 0 Å². The molecule has 0 aliphatic rings. The van der Waals surface area contributed by atoms with Crippen molar-refractivity contribution >= 4 is 38.7 Å². The van der Waals surface area contributed by atoms with Gasteiger partial charge in [-0.15, -0.1) is 0 Å². The van der Waals surface area contributed by atoms with Gasteiger partial charge in [-0.1, -0.05) is 46.3 Å². The number of aliphatic carboxylic acids is 1. The Morgan fingerprint density at radius 1 is 1.11 bits per heavy atom. The topological polar surface area (TPSA) is 82.2 Å². The molecule has 3 rings (SSSR count). The summed E-state index contributed by atoms with van der Waals surface area (Å²) in [4.78, 5) is 27.0. The predicted octanol–water partition coefficient (Wildman–Crippen LogP) is 4.46. The SMILES string of the molecule is O=C(CCCCc1ccccc1)NC(Cc1c[nH]c2ccc(Br)cc12)C(=O)O. The molecule has 0 fully saturated rings. The van der Waals surface area contributed by atoms with E-state index in [0.29, 0.717) is 6.42 Å². The molecule has 5 nitrogen and oxygen atoms in total. The smallest absolute Gasteiger partial charge is 0.326 e. The standard InChI is InChI=1S/C22H23BrN2O3/c23-17-10-11-19-18(13-17)16(14-24-19)12-20(22(27)28)25-21(26)9-5-4-8-15-6-2-1-3-7-15/h1-3,6-7,10-11,13-14,20,24H,4-5,8-9,12H2,(H,25,26)(H,27,28). The largest absolute Gasteiger partial charge is 0.480 e. The second-order valence-electron chi connectivity index (χ2n) is 6.86. The van der Waals surface area contributed by atoms with E-state index in [2.05, 4.69) is 38.4 Å². The van der Waals surface area contributed by atoms with E-state index in [9.17, 15) is 14.7 Å². The lowest BCUT2D eigenvalue weighted by atomic mass is 10.0. The van der Waals surface area contributed by atoms with E-state index in [-0.39, 0.29) is 12.3 Å². The van der Waals surface area contributed by atoms with Gasteiger partial charge in [0.1, 0.15) is 6.04 Å². The molecule has 1 aromatic heterocycles. The first-order chi connectivity index (χ1) is 13.5. The Morgan fingerprint density at radius 3 is 2.64 bits per heavy atom. The predicted molar refractivity (Wildman–Crippen MR) is 113 cm³/mol. The van der Waals surface area contributed by atoms with Gasteiger partial charge < -0.3 is 15.4 Å². The summed E-state index contributed by atoms with van der Waals surface area (Å²) in [6.07, 6.45) is 4.91. The fraction of sp³-hybridized carbons (Fsp3) is 0.273. The molecule has 0 aliphatic heterocycles. The van der Waals surface area contributed by atoms with Gasteiger partial charge in [-0.05, 0) is 48.6 Å². The maximum absolute atomic E-state index is 12.2. The van der Waals surface area contributed by atoms with Crippen molar-refractivity contribution in [3.63, 3.8) is 0 Å². The number of carboxylic acid groups (broad SMARTS) is 1. The molecule has 1 amide bonds. The first-order valence-corrected chi connectivity index (χ1v) is 10.1. The molecule has 0 aliphatic carbocycles. The Hall–Kier alpha value is -2.60. The van der Waals surface area contributed by atoms with Gasteiger partial charge >= 0.3 is 5.97 Å². The second kappa shape index (κ2) is 9.55. The Balaban J connectivity index is 1.53. The summed E-state index contributed by atoms with van der Waals surface area (Å²) in [5.74, 6) is -1.25. The van der Waals surface area contributed by atoms with Crippen LogP contribution in [0.2, 0.25) is 0 Å². The van der Waals surface area contributed by atoms with Crippen molar-refractivity contribution in [2.45, 2.75) is 38.1 Å². The lowest BCUT2D eigenvalue weighted by molar-refractivity contribution is -0.141. The monoisotopic (exact) mass is 442 g/mol.